The summed E-state index contributed by atoms with van der Waals surface area (Å²) in [4.78, 5) is 2.70. The normalized spacial score (nSPS) is 48.6. The van der Waals surface area contributed by atoms with Gasteiger partial charge in [-0.1, -0.05) is 6.42 Å². The Labute approximate surface area is 91.8 Å². The van der Waals surface area contributed by atoms with Gasteiger partial charge in [0.05, 0.1) is 0 Å². The molecule has 3 fully saturated rings. The summed E-state index contributed by atoms with van der Waals surface area (Å²) in [5, 5.41) is 0.433. The van der Waals surface area contributed by atoms with Crippen molar-refractivity contribution in [2.45, 2.75) is 49.9 Å². The minimum Gasteiger partial charge on any atom is -0.299 e. The van der Waals surface area contributed by atoms with Gasteiger partial charge < -0.3 is 0 Å². The van der Waals surface area contributed by atoms with Gasteiger partial charge in [0, 0.05) is 18.0 Å². The van der Waals surface area contributed by atoms with Gasteiger partial charge >= 0.3 is 0 Å². The number of rotatable bonds is 1. The smallest absolute Gasteiger partial charge is 0.0463 e. The molecule has 4 unspecified atom stereocenters. The number of hydrogen-bond donors (Lipinski definition) is 0. The molecule has 2 saturated carbocycles. The predicted molar refractivity (Wildman–Crippen MR) is 59.7 cm³/mol. The molecule has 0 spiro atoms. The fourth-order valence-electron chi connectivity index (χ4n) is 3.91. The largest absolute Gasteiger partial charge is 0.299 e. The fourth-order valence-corrected chi connectivity index (χ4v) is 4.24. The second-order valence-electron chi connectivity index (χ2n) is 5.48. The van der Waals surface area contributed by atoms with Crippen molar-refractivity contribution in [3.8, 4) is 0 Å². The monoisotopic (exact) mass is 213 g/mol. The van der Waals surface area contributed by atoms with E-state index in [9.17, 15) is 0 Å². The molecule has 0 aromatic rings. The number of piperidine rings is 1. The van der Waals surface area contributed by atoms with Crippen molar-refractivity contribution in [2.75, 3.05) is 13.1 Å². The first-order valence-corrected chi connectivity index (χ1v) is 6.64. The molecule has 80 valence electrons. The maximum Gasteiger partial charge on any atom is 0.0463 e. The van der Waals surface area contributed by atoms with E-state index in [0.29, 0.717) is 5.38 Å². The molecule has 0 aromatic carbocycles. The summed E-state index contributed by atoms with van der Waals surface area (Å²) in [7, 11) is 0. The molecule has 0 aromatic heterocycles. The molecule has 4 atom stereocenters. The van der Waals surface area contributed by atoms with Crippen LogP contribution >= 0.6 is 11.6 Å². The van der Waals surface area contributed by atoms with Crippen LogP contribution in [0.2, 0.25) is 0 Å². The molecule has 3 aliphatic rings. The third-order valence-electron chi connectivity index (χ3n) is 4.57. The Hall–Kier alpha value is 0.250. The highest BCUT2D eigenvalue weighted by Crippen LogP contribution is 2.47. The summed E-state index contributed by atoms with van der Waals surface area (Å²) >= 11 is 6.25. The third kappa shape index (κ3) is 1.59. The van der Waals surface area contributed by atoms with Crippen LogP contribution < -0.4 is 0 Å². The van der Waals surface area contributed by atoms with Crippen LogP contribution in [0.15, 0.2) is 0 Å². The van der Waals surface area contributed by atoms with Crippen molar-refractivity contribution in [2.24, 2.45) is 11.8 Å². The molecule has 0 N–H and O–H groups in total. The quantitative estimate of drug-likeness (QED) is 0.606. The van der Waals surface area contributed by atoms with Gasteiger partial charge in [0.1, 0.15) is 0 Å². The lowest BCUT2D eigenvalue weighted by Gasteiger charge is -2.38. The van der Waals surface area contributed by atoms with Gasteiger partial charge in [-0.25, -0.2) is 0 Å². The van der Waals surface area contributed by atoms with Crippen LogP contribution in [-0.4, -0.2) is 29.4 Å². The van der Waals surface area contributed by atoms with Crippen molar-refractivity contribution < 1.29 is 0 Å². The second-order valence-corrected chi connectivity index (χ2v) is 6.09. The van der Waals surface area contributed by atoms with E-state index in [1.165, 1.54) is 45.1 Å². The van der Waals surface area contributed by atoms with Gasteiger partial charge in [-0.15, -0.1) is 11.6 Å². The standard InChI is InChI=1S/C12H20ClN/c13-11-2-1-5-14(8-11)12-7-9-3-4-10(12)6-9/h9-12H,1-8H2. The Morgan fingerprint density at radius 2 is 2.00 bits per heavy atom. The van der Waals surface area contributed by atoms with E-state index in [1.807, 2.05) is 0 Å². The average molecular weight is 214 g/mol. The zero-order valence-electron chi connectivity index (χ0n) is 8.79. The lowest BCUT2D eigenvalue weighted by atomic mass is 9.92. The van der Waals surface area contributed by atoms with Crippen LogP contribution in [0.25, 0.3) is 0 Å². The molecule has 0 amide bonds. The van der Waals surface area contributed by atoms with Crippen LogP contribution in [0, 0.1) is 11.8 Å². The van der Waals surface area contributed by atoms with E-state index in [0.717, 1.165) is 24.4 Å². The lowest BCUT2D eigenvalue weighted by molar-refractivity contribution is 0.120. The highest BCUT2D eigenvalue weighted by Gasteiger charge is 2.42. The van der Waals surface area contributed by atoms with Crippen LogP contribution in [0.1, 0.15) is 38.5 Å². The molecule has 1 nitrogen and oxygen atoms in total. The number of fused-ring (bicyclic) bond motifs is 2. The van der Waals surface area contributed by atoms with E-state index in [-0.39, 0.29) is 0 Å². The Kier molecular flexibility index (Phi) is 2.49. The Morgan fingerprint density at radius 3 is 2.64 bits per heavy atom. The molecule has 2 bridgehead atoms. The third-order valence-corrected chi connectivity index (χ3v) is 4.92. The first kappa shape index (κ1) is 9.47. The average Bonchev–Trinajstić information content (AvgIpc) is 2.78. The Bertz CT molecular complexity index is 218. The van der Waals surface area contributed by atoms with Crippen molar-refractivity contribution in [1.29, 1.82) is 0 Å². The topological polar surface area (TPSA) is 3.24 Å². The van der Waals surface area contributed by atoms with Gasteiger partial charge in [0.25, 0.3) is 0 Å². The van der Waals surface area contributed by atoms with Crippen LogP contribution in [0.5, 0.6) is 0 Å². The summed E-state index contributed by atoms with van der Waals surface area (Å²) in [6.45, 7) is 2.48. The molecule has 1 aliphatic heterocycles. The number of likely N-dealkylation sites (tertiary alicyclic amines) is 1. The number of nitrogens with zero attached hydrogens (tertiary/aromatic N) is 1. The first-order valence-electron chi connectivity index (χ1n) is 6.21. The van der Waals surface area contributed by atoms with Crippen molar-refractivity contribution in [1.82, 2.24) is 4.90 Å². The zero-order valence-corrected chi connectivity index (χ0v) is 9.55. The SMILES string of the molecule is ClC1CCCN(C2CC3CCC2C3)C1. The van der Waals surface area contributed by atoms with E-state index in [1.54, 1.807) is 0 Å². The summed E-state index contributed by atoms with van der Waals surface area (Å²) < 4.78 is 0. The molecular formula is C12H20ClN. The van der Waals surface area contributed by atoms with E-state index in [4.69, 9.17) is 11.6 Å². The summed E-state index contributed by atoms with van der Waals surface area (Å²) in [5.74, 6) is 2.10. The maximum atomic E-state index is 6.25. The maximum absolute atomic E-state index is 6.25. The Balaban J connectivity index is 1.65. The van der Waals surface area contributed by atoms with Gasteiger partial charge in [0.15, 0.2) is 0 Å². The Morgan fingerprint density at radius 1 is 1.07 bits per heavy atom. The molecule has 3 rings (SSSR count). The van der Waals surface area contributed by atoms with Crippen molar-refractivity contribution >= 4 is 11.6 Å². The summed E-state index contributed by atoms with van der Waals surface area (Å²) in [6.07, 6.45) is 8.57. The first-order chi connectivity index (χ1) is 6.83. The van der Waals surface area contributed by atoms with Crippen LogP contribution in [-0.2, 0) is 0 Å². The fraction of sp³-hybridized carbons (Fsp3) is 1.00. The second kappa shape index (κ2) is 3.68. The van der Waals surface area contributed by atoms with Crippen LogP contribution in [0.4, 0.5) is 0 Å². The molecule has 2 heteroatoms. The summed E-state index contributed by atoms with van der Waals surface area (Å²) in [5.41, 5.74) is 0. The predicted octanol–water partition coefficient (Wildman–Crippen LogP) is 2.88. The van der Waals surface area contributed by atoms with Crippen molar-refractivity contribution in [3.05, 3.63) is 0 Å². The number of hydrogen-bond acceptors (Lipinski definition) is 1. The van der Waals surface area contributed by atoms with Gasteiger partial charge in [-0.3, -0.25) is 4.90 Å². The highest BCUT2D eigenvalue weighted by atomic mass is 35.5. The molecule has 0 radical (unpaired) electrons. The molecule has 1 heterocycles. The molecular weight excluding hydrogens is 194 g/mol. The van der Waals surface area contributed by atoms with E-state index >= 15 is 0 Å². The highest BCUT2D eigenvalue weighted by molar-refractivity contribution is 6.20. The van der Waals surface area contributed by atoms with Gasteiger partial charge in [-0.2, -0.15) is 0 Å². The molecule has 1 saturated heterocycles. The van der Waals surface area contributed by atoms with E-state index < -0.39 is 0 Å². The van der Waals surface area contributed by atoms with E-state index in [2.05, 4.69) is 4.90 Å². The minimum atomic E-state index is 0.433. The van der Waals surface area contributed by atoms with Crippen LogP contribution in [0.3, 0.4) is 0 Å². The summed E-state index contributed by atoms with van der Waals surface area (Å²) in [6, 6.07) is 0.912. The molecule has 14 heavy (non-hydrogen) atoms. The molecule has 2 aliphatic carbocycles. The lowest BCUT2D eigenvalue weighted by Crippen LogP contribution is -2.45. The zero-order chi connectivity index (χ0) is 9.54. The van der Waals surface area contributed by atoms with Gasteiger partial charge in [0.2, 0.25) is 0 Å². The van der Waals surface area contributed by atoms with Gasteiger partial charge in [-0.05, 0) is 50.5 Å². The minimum absolute atomic E-state index is 0.433. The number of alkyl halides is 1. The van der Waals surface area contributed by atoms with Crippen molar-refractivity contribution in [3.63, 3.8) is 0 Å². The number of halogens is 1.